The van der Waals surface area contributed by atoms with Crippen LogP contribution in [0.1, 0.15) is 153 Å². The number of benzene rings is 3. The van der Waals surface area contributed by atoms with E-state index in [1.807, 2.05) is 19.1 Å². The third-order valence-corrected chi connectivity index (χ3v) is 12.5. The highest BCUT2D eigenvalue weighted by atomic mass is 19.1. The zero-order valence-corrected chi connectivity index (χ0v) is 37.4. The van der Waals surface area contributed by atoms with Crippen LogP contribution >= 0.6 is 0 Å². The molecule has 0 saturated heterocycles. The normalized spacial score (nSPS) is 15.5. The van der Waals surface area contributed by atoms with Crippen LogP contribution in [0.15, 0.2) is 60.7 Å². The highest BCUT2D eigenvalue weighted by Crippen LogP contribution is 2.41. The van der Waals surface area contributed by atoms with E-state index in [0.29, 0.717) is 62.0 Å². The fraction of sp³-hybridized carbons (Fsp3) is 0.577. The third kappa shape index (κ3) is 14.0. The summed E-state index contributed by atoms with van der Waals surface area (Å²) in [7, 11) is 0. The van der Waals surface area contributed by atoms with Gasteiger partial charge in [-0.05, 0) is 147 Å². The predicted molar refractivity (Wildman–Crippen MR) is 241 cm³/mol. The number of hydrogen-bond donors (Lipinski definition) is 2. The van der Waals surface area contributed by atoms with Crippen molar-refractivity contribution in [2.75, 3.05) is 33.0 Å². The smallest absolute Gasteiger partial charge is 0.333 e. The number of halogens is 1. The molecule has 0 heterocycles. The summed E-state index contributed by atoms with van der Waals surface area (Å²) >= 11 is 0. The number of aryl methyl sites for hydroxylation is 3. The van der Waals surface area contributed by atoms with Gasteiger partial charge in [0.25, 0.3) is 0 Å². The average molecular weight is 829 g/mol. The minimum absolute atomic E-state index is 0.139. The number of esters is 2. The van der Waals surface area contributed by atoms with Gasteiger partial charge >= 0.3 is 11.9 Å². The molecule has 0 unspecified atom stereocenters. The lowest BCUT2D eigenvalue weighted by Gasteiger charge is -2.30. The van der Waals surface area contributed by atoms with Crippen LogP contribution in [-0.2, 0) is 38.3 Å². The first-order valence-corrected chi connectivity index (χ1v) is 22.9. The zero-order chi connectivity index (χ0) is 43.5. The molecule has 1 fully saturated rings. The van der Waals surface area contributed by atoms with Crippen LogP contribution in [-0.4, -0.2) is 55.2 Å². The molecule has 0 atom stereocenters. The molecular formula is C52H73FO7. The summed E-state index contributed by atoms with van der Waals surface area (Å²) in [4.78, 5) is 24.2. The highest BCUT2D eigenvalue weighted by Gasteiger charge is 2.28. The van der Waals surface area contributed by atoms with E-state index in [1.165, 1.54) is 38.5 Å². The Morgan fingerprint density at radius 2 is 1.40 bits per heavy atom. The second-order valence-electron chi connectivity index (χ2n) is 17.2. The molecule has 2 N–H and O–H groups in total. The van der Waals surface area contributed by atoms with Gasteiger partial charge in [-0.15, -0.1) is 0 Å². The molecule has 3 aromatic rings. The monoisotopic (exact) mass is 829 g/mol. The van der Waals surface area contributed by atoms with Crippen molar-refractivity contribution < 1.29 is 38.4 Å². The molecule has 60 heavy (non-hydrogen) atoms. The summed E-state index contributed by atoms with van der Waals surface area (Å²) in [5.41, 5.74) is 7.27. The van der Waals surface area contributed by atoms with Crippen molar-refractivity contribution in [3.05, 3.63) is 88.8 Å². The Kier molecular flexibility index (Phi) is 20.3. The van der Waals surface area contributed by atoms with Gasteiger partial charge in [0.1, 0.15) is 11.6 Å². The Morgan fingerprint density at radius 3 is 1.98 bits per heavy atom. The van der Waals surface area contributed by atoms with Crippen molar-refractivity contribution in [1.82, 2.24) is 0 Å². The molecule has 8 heteroatoms. The summed E-state index contributed by atoms with van der Waals surface area (Å²) in [6, 6.07) is 16.3. The van der Waals surface area contributed by atoms with Gasteiger partial charge in [0.2, 0.25) is 0 Å². The van der Waals surface area contributed by atoms with Gasteiger partial charge in [-0.1, -0.05) is 96.7 Å². The van der Waals surface area contributed by atoms with Gasteiger partial charge in [0.05, 0.1) is 33.0 Å². The third-order valence-electron chi connectivity index (χ3n) is 12.5. The van der Waals surface area contributed by atoms with E-state index < -0.39 is 11.4 Å². The molecule has 0 radical (unpaired) electrons. The molecular weight excluding hydrogens is 756 g/mol. The molecule has 1 saturated carbocycles. The molecule has 0 aliphatic heterocycles. The number of aliphatic hydroxyl groups excluding tert-OH is 2. The van der Waals surface area contributed by atoms with E-state index in [9.17, 15) is 19.8 Å². The lowest BCUT2D eigenvalue weighted by Crippen LogP contribution is -2.31. The molecule has 0 spiro atoms. The van der Waals surface area contributed by atoms with Gasteiger partial charge in [-0.2, -0.15) is 0 Å². The minimum Gasteiger partial charge on any atom is -0.493 e. The largest absolute Gasteiger partial charge is 0.493 e. The second-order valence-corrected chi connectivity index (χ2v) is 17.2. The lowest BCUT2D eigenvalue weighted by atomic mass is 9.77. The first-order valence-electron chi connectivity index (χ1n) is 22.9. The molecule has 1 aliphatic carbocycles. The second kappa shape index (κ2) is 25.1. The Bertz CT molecular complexity index is 1820. The Balaban J connectivity index is 1.67. The van der Waals surface area contributed by atoms with E-state index >= 15 is 4.39 Å². The van der Waals surface area contributed by atoms with Crippen LogP contribution in [0.3, 0.4) is 0 Å². The Hall–Kier alpha value is -4.01. The fourth-order valence-corrected chi connectivity index (χ4v) is 8.78. The van der Waals surface area contributed by atoms with Crippen molar-refractivity contribution in [2.45, 2.75) is 150 Å². The number of hydrogen-bond acceptors (Lipinski definition) is 7. The average Bonchev–Trinajstić information content (AvgIpc) is 3.26. The summed E-state index contributed by atoms with van der Waals surface area (Å²) in [6.45, 7) is 14.0. The van der Waals surface area contributed by atoms with Crippen molar-refractivity contribution in [3.8, 4) is 28.0 Å². The molecule has 4 rings (SSSR count). The first-order chi connectivity index (χ1) is 29.0. The number of ether oxygens (including phenoxy) is 3. The van der Waals surface area contributed by atoms with Crippen LogP contribution in [0, 0.1) is 17.2 Å². The summed E-state index contributed by atoms with van der Waals surface area (Å²) in [5, 5.41) is 20.5. The van der Waals surface area contributed by atoms with Crippen LogP contribution in [0.25, 0.3) is 22.3 Å². The Labute approximate surface area is 360 Å². The highest BCUT2D eigenvalue weighted by molar-refractivity contribution is 5.86. The van der Waals surface area contributed by atoms with E-state index in [0.717, 1.165) is 76.3 Å². The van der Waals surface area contributed by atoms with Crippen molar-refractivity contribution in [1.29, 1.82) is 0 Å². The van der Waals surface area contributed by atoms with E-state index in [2.05, 4.69) is 50.8 Å². The summed E-state index contributed by atoms with van der Waals surface area (Å²) in [5.74, 6) is 1.09. The zero-order valence-electron chi connectivity index (χ0n) is 37.4. The maximum atomic E-state index is 16.0. The summed E-state index contributed by atoms with van der Waals surface area (Å²) < 4.78 is 33.5. The van der Waals surface area contributed by atoms with Crippen molar-refractivity contribution in [2.24, 2.45) is 11.3 Å². The molecule has 3 aromatic carbocycles. The SMILES string of the molecule is C=C(C)C(=O)OCCCc1cc(-c2ccc(-c3ccc(C4CCC(CCCCC)CC4)cc3F)cc2CC)cc(CCCOC(=O)CC)c1OCCC(CO)(CO)CCC. The van der Waals surface area contributed by atoms with E-state index in [1.54, 1.807) is 19.9 Å². The number of carbonyl (C=O) groups excluding carboxylic acids is 2. The van der Waals surface area contributed by atoms with Gasteiger partial charge in [-0.3, -0.25) is 4.79 Å². The van der Waals surface area contributed by atoms with Gasteiger partial charge in [0.15, 0.2) is 0 Å². The fourth-order valence-electron chi connectivity index (χ4n) is 8.78. The van der Waals surface area contributed by atoms with Crippen LogP contribution in [0.2, 0.25) is 0 Å². The number of unbranched alkanes of at least 4 members (excludes halogenated alkanes) is 2. The standard InChI is InChI=1S/C52H73FO7/c1-7-11-12-15-38-18-20-40(21-19-38)41-22-25-47(48(53)34-41)42-23-24-46(39(9-3)31-42)45-32-43(16-13-28-58-49(56)10-4)50(59-30-27-52(35-54,36-55)26-8-2)44(33-45)17-14-29-60-51(57)37(5)6/h22-25,31-34,38,40,54-55H,5,7-21,26-30,35-36H2,1-4,6H3. The number of carbonyl (C=O) groups is 2. The molecule has 0 bridgehead atoms. The molecule has 1 aliphatic rings. The van der Waals surface area contributed by atoms with Crippen LogP contribution in [0.5, 0.6) is 5.75 Å². The topological polar surface area (TPSA) is 102 Å². The predicted octanol–water partition coefficient (Wildman–Crippen LogP) is 12.1. The summed E-state index contributed by atoms with van der Waals surface area (Å²) in [6.07, 6.45) is 15.2. The van der Waals surface area contributed by atoms with E-state index in [-0.39, 0.29) is 44.8 Å². The maximum absolute atomic E-state index is 16.0. The minimum atomic E-state index is -0.648. The van der Waals surface area contributed by atoms with Gasteiger partial charge < -0.3 is 24.4 Å². The van der Waals surface area contributed by atoms with Crippen LogP contribution < -0.4 is 4.74 Å². The number of rotatable bonds is 26. The quantitative estimate of drug-likeness (QED) is 0.0472. The van der Waals surface area contributed by atoms with Crippen molar-refractivity contribution in [3.63, 3.8) is 0 Å². The lowest BCUT2D eigenvalue weighted by molar-refractivity contribution is -0.143. The van der Waals surface area contributed by atoms with E-state index in [4.69, 9.17) is 14.2 Å². The molecule has 0 amide bonds. The van der Waals surface area contributed by atoms with Gasteiger partial charge in [0, 0.05) is 23.0 Å². The molecule has 7 nitrogen and oxygen atoms in total. The molecule has 330 valence electrons. The molecule has 0 aromatic heterocycles. The Morgan fingerprint density at radius 1 is 0.750 bits per heavy atom. The van der Waals surface area contributed by atoms with Gasteiger partial charge in [-0.25, -0.2) is 9.18 Å². The maximum Gasteiger partial charge on any atom is 0.333 e. The van der Waals surface area contributed by atoms with Crippen molar-refractivity contribution >= 4 is 11.9 Å². The number of aliphatic hydroxyl groups is 2. The first kappa shape index (κ1) is 48.7. The van der Waals surface area contributed by atoms with Crippen LogP contribution in [0.4, 0.5) is 4.39 Å².